The summed E-state index contributed by atoms with van der Waals surface area (Å²) in [7, 11) is 0. The minimum atomic E-state index is 0.151. The molecule has 19 heavy (non-hydrogen) atoms. The van der Waals surface area contributed by atoms with Gasteiger partial charge in [-0.3, -0.25) is 0 Å². The van der Waals surface area contributed by atoms with Crippen LogP contribution in [0.2, 0.25) is 0 Å². The van der Waals surface area contributed by atoms with Crippen LogP contribution in [0, 0.1) is 0 Å². The molecule has 0 aliphatic carbocycles. The van der Waals surface area contributed by atoms with Crippen LogP contribution < -0.4 is 15.8 Å². The van der Waals surface area contributed by atoms with E-state index in [-0.39, 0.29) is 11.9 Å². The van der Waals surface area contributed by atoms with E-state index in [0.29, 0.717) is 6.42 Å². The Labute approximate surface area is 114 Å². The lowest BCUT2D eigenvalue weighted by Crippen LogP contribution is -2.26. The van der Waals surface area contributed by atoms with E-state index in [4.69, 9.17) is 15.7 Å². The molecule has 1 aromatic carbocycles. The lowest BCUT2D eigenvalue weighted by Gasteiger charge is -2.17. The Morgan fingerprint density at radius 1 is 1.37 bits per heavy atom. The van der Waals surface area contributed by atoms with Gasteiger partial charge in [0, 0.05) is 18.2 Å². The average molecular weight is 265 g/mol. The molecular formula is C14H23N3O2. The highest BCUT2D eigenvalue weighted by molar-refractivity contribution is 5.80. The van der Waals surface area contributed by atoms with Gasteiger partial charge in [0.05, 0.1) is 6.61 Å². The lowest BCUT2D eigenvalue weighted by molar-refractivity contribution is 0.316. The molecule has 0 spiro atoms. The van der Waals surface area contributed by atoms with Crippen molar-refractivity contribution in [1.29, 1.82) is 0 Å². The van der Waals surface area contributed by atoms with E-state index in [9.17, 15) is 0 Å². The summed E-state index contributed by atoms with van der Waals surface area (Å²) in [6.07, 6.45) is 2.41. The van der Waals surface area contributed by atoms with Gasteiger partial charge < -0.3 is 21.0 Å². The van der Waals surface area contributed by atoms with Gasteiger partial charge in [0.15, 0.2) is 0 Å². The summed E-state index contributed by atoms with van der Waals surface area (Å²) in [6, 6.07) is 7.97. The zero-order valence-electron chi connectivity index (χ0n) is 11.6. The van der Waals surface area contributed by atoms with Crippen LogP contribution in [0.5, 0.6) is 5.75 Å². The molecule has 1 aromatic rings. The molecule has 1 rings (SSSR count). The number of hydrogen-bond donors (Lipinski definition) is 3. The number of oxime groups is 1. The average Bonchev–Trinajstić information content (AvgIpc) is 2.45. The second kappa shape index (κ2) is 8.24. The fourth-order valence-electron chi connectivity index (χ4n) is 1.69. The van der Waals surface area contributed by atoms with Gasteiger partial charge in [-0.2, -0.15) is 0 Å². The third kappa shape index (κ3) is 5.50. The fraction of sp³-hybridized carbons (Fsp3) is 0.500. The van der Waals surface area contributed by atoms with Gasteiger partial charge in [-0.05, 0) is 37.1 Å². The third-order valence-electron chi connectivity index (χ3n) is 2.77. The van der Waals surface area contributed by atoms with Crippen LogP contribution in [0.1, 0.15) is 33.1 Å². The van der Waals surface area contributed by atoms with E-state index < -0.39 is 0 Å². The van der Waals surface area contributed by atoms with Crippen molar-refractivity contribution < 1.29 is 9.94 Å². The fourth-order valence-corrected chi connectivity index (χ4v) is 1.69. The predicted octanol–water partition coefficient (Wildman–Crippen LogP) is 2.80. The maximum absolute atomic E-state index is 8.58. The van der Waals surface area contributed by atoms with Crippen LogP contribution in [0.25, 0.3) is 0 Å². The van der Waals surface area contributed by atoms with Crippen molar-refractivity contribution in [3.63, 3.8) is 0 Å². The van der Waals surface area contributed by atoms with Gasteiger partial charge in [-0.15, -0.1) is 0 Å². The summed E-state index contributed by atoms with van der Waals surface area (Å²) in [5.41, 5.74) is 6.52. The Bertz CT molecular complexity index is 390. The Balaban J connectivity index is 2.55. The van der Waals surface area contributed by atoms with Crippen molar-refractivity contribution in [2.45, 2.75) is 39.2 Å². The number of benzene rings is 1. The van der Waals surface area contributed by atoms with Crippen molar-refractivity contribution in [3.8, 4) is 5.75 Å². The smallest absolute Gasteiger partial charge is 0.141 e. The summed E-state index contributed by atoms with van der Waals surface area (Å²) in [4.78, 5) is 0. The number of nitrogens with zero attached hydrogens (tertiary/aromatic N) is 1. The molecule has 0 aromatic heterocycles. The molecule has 0 saturated carbocycles. The third-order valence-corrected chi connectivity index (χ3v) is 2.77. The minimum absolute atomic E-state index is 0.151. The highest BCUT2D eigenvalue weighted by Gasteiger charge is 2.08. The Morgan fingerprint density at radius 3 is 2.58 bits per heavy atom. The van der Waals surface area contributed by atoms with Gasteiger partial charge >= 0.3 is 0 Å². The predicted molar refractivity (Wildman–Crippen MR) is 78.0 cm³/mol. The van der Waals surface area contributed by atoms with Gasteiger partial charge in [-0.25, -0.2) is 0 Å². The molecule has 5 nitrogen and oxygen atoms in total. The van der Waals surface area contributed by atoms with Crippen LogP contribution in [-0.4, -0.2) is 23.7 Å². The monoisotopic (exact) mass is 265 g/mol. The summed E-state index contributed by atoms with van der Waals surface area (Å²) in [5, 5.41) is 14.9. The lowest BCUT2D eigenvalue weighted by atomic mass is 10.1. The Hall–Kier alpha value is -1.91. The molecule has 0 amide bonds. The number of rotatable bonds is 8. The van der Waals surface area contributed by atoms with Crippen LogP contribution in [0.4, 0.5) is 5.69 Å². The van der Waals surface area contributed by atoms with Gasteiger partial charge in [0.1, 0.15) is 11.6 Å². The second-order valence-electron chi connectivity index (χ2n) is 4.42. The van der Waals surface area contributed by atoms with Crippen LogP contribution in [0.3, 0.4) is 0 Å². The largest absolute Gasteiger partial charge is 0.494 e. The van der Waals surface area contributed by atoms with E-state index >= 15 is 0 Å². The first-order valence-corrected chi connectivity index (χ1v) is 6.65. The quantitative estimate of drug-likeness (QED) is 0.292. The van der Waals surface area contributed by atoms with Gasteiger partial charge in [0.2, 0.25) is 0 Å². The first-order valence-electron chi connectivity index (χ1n) is 6.65. The molecule has 4 N–H and O–H groups in total. The number of nitrogens with one attached hydrogen (secondary N) is 1. The Kier molecular flexibility index (Phi) is 6.57. The van der Waals surface area contributed by atoms with Crippen molar-refractivity contribution in [3.05, 3.63) is 24.3 Å². The molecular weight excluding hydrogens is 242 g/mol. The van der Waals surface area contributed by atoms with Crippen LogP contribution in [0.15, 0.2) is 29.4 Å². The van der Waals surface area contributed by atoms with Crippen LogP contribution in [-0.2, 0) is 0 Å². The van der Waals surface area contributed by atoms with Crippen molar-refractivity contribution >= 4 is 11.5 Å². The summed E-state index contributed by atoms with van der Waals surface area (Å²) >= 11 is 0. The van der Waals surface area contributed by atoms with E-state index in [0.717, 1.165) is 30.9 Å². The van der Waals surface area contributed by atoms with Crippen molar-refractivity contribution in [1.82, 2.24) is 0 Å². The molecule has 106 valence electrons. The molecule has 1 unspecified atom stereocenters. The number of anilines is 1. The summed E-state index contributed by atoms with van der Waals surface area (Å²) in [6.45, 7) is 4.86. The number of amidine groups is 1. The normalized spacial score (nSPS) is 13.1. The highest BCUT2D eigenvalue weighted by Crippen LogP contribution is 2.17. The van der Waals surface area contributed by atoms with E-state index in [1.54, 1.807) is 0 Å². The molecule has 1 atom stereocenters. The van der Waals surface area contributed by atoms with Crippen molar-refractivity contribution in [2.24, 2.45) is 10.9 Å². The van der Waals surface area contributed by atoms with E-state index in [1.807, 2.05) is 24.3 Å². The standard InChI is InChI=1S/C14H23N3O2/c1-3-9-19-13-7-5-12(6-8-13)16-11(4-2)10-14(15)17-18/h5-8,11,16,18H,3-4,9-10H2,1-2H3,(H2,15,17). The van der Waals surface area contributed by atoms with Crippen molar-refractivity contribution in [2.75, 3.05) is 11.9 Å². The molecule has 0 aliphatic rings. The van der Waals surface area contributed by atoms with Gasteiger partial charge in [0.25, 0.3) is 0 Å². The van der Waals surface area contributed by atoms with Crippen LogP contribution >= 0.6 is 0 Å². The first-order chi connectivity index (χ1) is 9.19. The maximum atomic E-state index is 8.58. The minimum Gasteiger partial charge on any atom is -0.494 e. The molecule has 0 saturated heterocycles. The van der Waals surface area contributed by atoms with E-state index in [1.165, 1.54) is 0 Å². The number of hydrogen-bond acceptors (Lipinski definition) is 4. The second-order valence-corrected chi connectivity index (χ2v) is 4.42. The zero-order valence-corrected chi connectivity index (χ0v) is 11.6. The topological polar surface area (TPSA) is 79.9 Å². The molecule has 0 heterocycles. The Morgan fingerprint density at radius 2 is 2.05 bits per heavy atom. The van der Waals surface area contributed by atoms with E-state index in [2.05, 4.69) is 24.3 Å². The first kappa shape index (κ1) is 15.1. The SMILES string of the molecule is CCCOc1ccc(NC(CC)CC(N)=NO)cc1. The molecule has 0 aliphatic heterocycles. The molecule has 5 heteroatoms. The summed E-state index contributed by atoms with van der Waals surface area (Å²) in [5.74, 6) is 1.11. The maximum Gasteiger partial charge on any atom is 0.141 e. The zero-order chi connectivity index (χ0) is 14.1. The summed E-state index contributed by atoms with van der Waals surface area (Å²) < 4.78 is 5.52. The molecule has 0 fully saturated rings. The number of ether oxygens (including phenoxy) is 1. The van der Waals surface area contributed by atoms with Gasteiger partial charge in [-0.1, -0.05) is 19.0 Å². The molecule has 0 radical (unpaired) electrons. The number of nitrogens with two attached hydrogens (primary N) is 1. The highest BCUT2D eigenvalue weighted by atomic mass is 16.5. The molecule has 0 bridgehead atoms.